The Morgan fingerprint density at radius 2 is 2.04 bits per heavy atom. The van der Waals surface area contributed by atoms with Crippen LogP contribution in [-0.2, 0) is 24.0 Å². The molecular weight excluding hydrogens is 312 g/mol. The van der Waals surface area contributed by atoms with Crippen molar-refractivity contribution in [1.82, 2.24) is 9.88 Å². The highest BCUT2D eigenvalue weighted by molar-refractivity contribution is 5.68. The molecule has 25 heavy (non-hydrogen) atoms. The van der Waals surface area contributed by atoms with Crippen LogP contribution in [0, 0.1) is 0 Å². The number of amides is 1. The van der Waals surface area contributed by atoms with Gasteiger partial charge in [0.05, 0.1) is 6.61 Å². The molecule has 1 amide bonds. The predicted octanol–water partition coefficient (Wildman–Crippen LogP) is 3.72. The number of pyridine rings is 1. The third kappa shape index (κ3) is 3.01. The van der Waals surface area contributed by atoms with Crippen LogP contribution >= 0.6 is 0 Å². The Hall–Kier alpha value is -2.36. The van der Waals surface area contributed by atoms with Crippen LogP contribution in [0.2, 0.25) is 0 Å². The highest BCUT2D eigenvalue weighted by Crippen LogP contribution is 2.41. The second-order valence-corrected chi connectivity index (χ2v) is 6.84. The van der Waals surface area contributed by atoms with E-state index < -0.39 is 0 Å². The minimum absolute atomic E-state index is 0.184. The van der Waals surface area contributed by atoms with Gasteiger partial charge in [-0.3, -0.25) is 4.98 Å². The Bertz CT molecular complexity index is 773. The van der Waals surface area contributed by atoms with Crippen molar-refractivity contribution in [3.8, 4) is 0 Å². The number of ether oxygens (including phenoxy) is 1. The Balaban J connectivity index is 1.66. The molecule has 1 unspecified atom stereocenters. The third-order valence-corrected chi connectivity index (χ3v) is 5.49. The zero-order valence-corrected chi connectivity index (χ0v) is 14.7. The summed E-state index contributed by atoms with van der Waals surface area (Å²) >= 11 is 0. The Morgan fingerprint density at radius 3 is 2.84 bits per heavy atom. The van der Waals surface area contributed by atoms with Gasteiger partial charge < -0.3 is 9.64 Å². The third-order valence-electron chi connectivity index (χ3n) is 5.49. The number of carbonyl (C=O) groups excluding carboxylic acids is 1. The van der Waals surface area contributed by atoms with Gasteiger partial charge in [0.2, 0.25) is 0 Å². The van der Waals surface area contributed by atoms with Gasteiger partial charge in [0.15, 0.2) is 0 Å². The van der Waals surface area contributed by atoms with E-state index in [1.54, 1.807) is 0 Å². The summed E-state index contributed by atoms with van der Waals surface area (Å²) in [5.74, 6) is 0.438. The molecule has 0 spiro atoms. The molecule has 4 heteroatoms. The standard InChI is InChI=1S/C21H24N2O2/c1-2-25-21(24)23-12-9-15-5-6-16-7-8-18(17-4-3-11-22-14-17)20(16)19(15)10-13-23/h3-6,11,14,18H,2,7-10,12-13H2,1H3. The summed E-state index contributed by atoms with van der Waals surface area (Å²) < 4.78 is 5.20. The number of nitrogens with zero attached hydrogens (tertiary/aromatic N) is 2. The summed E-state index contributed by atoms with van der Waals surface area (Å²) in [5, 5.41) is 0. The molecule has 2 aliphatic rings. The maximum absolute atomic E-state index is 12.1. The van der Waals surface area contributed by atoms with Gasteiger partial charge in [-0.25, -0.2) is 4.79 Å². The maximum atomic E-state index is 12.1. The fourth-order valence-corrected chi connectivity index (χ4v) is 4.31. The molecule has 0 saturated carbocycles. The van der Waals surface area contributed by atoms with Gasteiger partial charge >= 0.3 is 6.09 Å². The lowest BCUT2D eigenvalue weighted by Crippen LogP contribution is -2.33. The number of carbonyl (C=O) groups is 1. The summed E-state index contributed by atoms with van der Waals surface area (Å²) in [7, 11) is 0. The summed E-state index contributed by atoms with van der Waals surface area (Å²) in [6.45, 7) is 3.76. The largest absolute Gasteiger partial charge is 0.450 e. The number of benzene rings is 1. The van der Waals surface area contributed by atoms with Crippen molar-refractivity contribution in [3.63, 3.8) is 0 Å². The van der Waals surface area contributed by atoms with Crippen LogP contribution in [0.3, 0.4) is 0 Å². The monoisotopic (exact) mass is 336 g/mol. The number of aromatic nitrogens is 1. The molecule has 0 N–H and O–H groups in total. The molecule has 4 rings (SSSR count). The van der Waals surface area contributed by atoms with Crippen LogP contribution in [0.25, 0.3) is 0 Å². The number of aryl methyl sites for hydroxylation is 1. The molecule has 0 radical (unpaired) electrons. The van der Waals surface area contributed by atoms with Crippen molar-refractivity contribution in [2.24, 2.45) is 0 Å². The van der Waals surface area contributed by atoms with Crippen LogP contribution in [-0.4, -0.2) is 35.7 Å². The van der Waals surface area contributed by atoms with E-state index in [0.717, 1.165) is 38.8 Å². The van der Waals surface area contributed by atoms with Crippen molar-refractivity contribution in [2.45, 2.75) is 38.5 Å². The molecule has 0 fully saturated rings. The van der Waals surface area contributed by atoms with E-state index in [1.807, 2.05) is 30.3 Å². The number of hydrogen-bond donors (Lipinski definition) is 0. The van der Waals surface area contributed by atoms with E-state index >= 15 is 0 Å². The number of hydrogen-bond acceptors (Lipinski definition) is 3. The van der Waals surface area contributed by atoms with Crippen LogP contribution in [0.4, 0.5) is 4.79 Å². The molecule has 0 bridgehead atoms. The van der Waals surface area contributed by atoms with Crippen LogP contribution in [0.1, 0.15) is 47.1 Å². The second-order valence-electron chi connectivity index (χ2n) is 6.84. The summed E-state index contributed by atoms with van der Waals surface area (Å²) in [6, 6.07) is 8.78. The normalized spacial score (nSPS) is 19.1. The molecule has 1 atom stereocenters. The molecule has 4 nitrogen and oxygen atoms in total. The SMILES string of the molecule is CCOC(=O)N1CCc2ccc3c(c2CC1)C(c1cccnc1)CC3. The topological polar surface area (TPSA) is 42.4 Å². The minimum atomic E-state index is -0.184. The van der Waals surface area contributed by atoms with Gasteiger partial charge in [0.1, 0.15) is 0 Å². The lowest BCUT2D eigenvalue weighted by molar-refractivity contribution is 0.109. The van der Waals surface area contributed by atoms with Crippen LogP contribution in [0.15, 0.2) is 36.7 Å². The van der Waals surface area contributed by atoms with E-state index in [2.05, 4.69) is 23.2 Å². The molecule has 0 saturated heterocycles. The van der Waals surface area contributed by atoms with Crippen LogP contribution < -0.4 is 0 Å². The van der Waals surface area contributed by atoms with Gasteiger partial charge in [0, 0.05) is 31.4 Å². The molecule has 2 heterocycles. The zero-order chi connectivity index (χ0) is 17.2. The van der Waals surface area contributed by atoms with Crippen molar-refractivity contribution >= 4 is 6.09 Å². The van der Waals surface area contributed by atoms with Gasteiger partial charge in [-0.2, -0.15) is 0 Å². The Kier molecular flexibility index (Phi) is 4.43. The quantitative estimate of drug-likeness (QED) is 0.839. The highest BCUT2D eigenvalue weighted by Gasteiger charge is 2.30. The molecular formula is C21H24N2O2. The van der Waals surface area contributed by atoms with Crippen molar-refractivity contribution in [2.75, 3.05) is 19.7 Å². The van der Waals surface area contributed by atoms with Crippen molar-refractivity contribution < 1.29 is 9.53 Å². The summed E-state index contributed by atoms with van der Waals surface area (Å²) in [6.07, 6.45) is 7.75. The van der Waals surface area contributed by atoms with E-state index in [1.165, 1.54) is 27.8 Å². The fraction of sp³-hybridized carbons (Fsp3) is 0.429. The number of fused-ring (bicyclic) bond motifs is 3. The average Bonchev–Trinajstić information content (AvgIpc) is 2.95. The maximum Gasteiger partial charge on any atom is 0.409 e. The first-order valence-corrected chi connectivity index (χ1v) is 9.23. The Labute approximate surface area is 148 Å². The zero-order valence-electron chi connectivity index (χ0n) is 14.7. The first-order chi connectivity index (χ1) is 12.3. The minimum Gasteiger partial charge on any atom is -0.450 e. The van der Waals surface area contributed by atoms with Crippen molar-refractivity contribution in [1.29, 1.82) is 0 Å². The predicted molar refractivity (Wildman–Crippen MR) is 96.8 cm³/mol. The fourth-order valence-electron chi connectivity index (χ4n) is 4.31. The number of rotatable bonds is 2. The molecule has 1 aliphatic heterocycles. The van der Waals surface area contributed by atoms with Gasteiger partial charge in [-0.05, 0) is 66.5 Å². The molecule has 2 aromatic rings. The van der Waals surface area contributed by atoms with Gasteiger partial charge in [0.25, 0.3) is 0 Å². The summed E-state index contributed by atoms with van der Waals surface area (Å²) in [5.41, 5.74) is 7.12. The van der Waals surface area contributed by atoms with E-state index in [9.17, 15) is 4.79 Å². The molecule has 1 aromatic heterocycles. The second kappa shape index (κ2) is 6.87. The molecule has 130 valence electrons. The summed E-state index contributed by atoms with van der Waals surface area (Å²) in [4.78, 5) is 18.3. The van der Waals surface area contributed by atoms with Gasteiger partial charge in [-0.15, -0.1) is 0 Å². The molecule has 1 aromatic carbocycles. The first kappa shape index (κ1) is 16.1. The first-order valence-electron chi connectivity index (χ1n) is 9.23. The van der Waals surface area contributed by atoms with E-state index in [0.29, 0.717) is 12.5 Å². The lowest BCUT2D eigenvalue weighted by atomic mass is 9.86. The Morgan fingerprint density at radius 1 is 1.20 bits per heavy atom. The molecule has 1 aliphatic carbocycles. The smallest absolute Gasteiger partial charge is 0.409 e. The van der Waals surface area contributed by atoms with E-state index in [4.69, 9.17) is 4.74 Å². The lowest BCUT2D eigenvalue weighted by Gasteiger charge is -2.19. The van der Waals surface area contributed by atoms with Gasteiger partial charge in [-0.1, -0.05) is 18.2 Å². The van der Waals surface area contributed by atoms with E-state index in [-0.39, 0.29) is 6.09 Å². The average molecular weight is 336 g/mol. The van der Waals surface area contributed by atoms with Crippen molar-refractivity contribution in [3.05, 3.63) is 64.5 Å². The highest BCUT2D eigenvalue weighted by atomic mass is 16.6. The van der Waals surface area contributed by atoms with Crippen LogP contribution in [0.5, 0.6) is 0 Å².